The first-order chi connectivity index (χ1) is 9.52. The highest BCUT2D eigenvalue weighted by atomic mass is 79.9. The Hall–Kier alpha value is -0.970. The molecule has 1 aromatic carbocycles. The SMILES string of the molecule is CCNc1nc(Nc2cccc(Br)c2C)c(Cl)cc1Cl. The first-order valence-corrected chi connectivity index (χ1v) is 7.70. The van der Waals surface area contributed by atoms with Crippen molar-refractivity contribution in [2.24, 2.45) is 0 Å². The average Bonchev–Trinajstić information content (AvgIpc) is 2.40. The predicted octanol–water partition coefficient (Wildman–Crippen LogP) is 5.63. The molecular formula is C14H14BrCl2N3. The van der Waals surface area contributed by atoms with Gasteiger partial charge in [0.25, 0.3) is 0 Å². The van der Waals surface area contributed by atoms with Crippen molar-refractivity contribution in [2.45, 2.75) is 13.8 Å². The molecule has 6 heteroatoms. The molecule has 1 aromatic heterocycles. The molecule has 2 aromatic rings. The number of nitrogens with one attached hydrogen (secondary N) is 2. The molecule has 0 bridgehead atoms. The van der Waals surface area contributed by atoms with E-state index in [0.717, 1.165) is 22.3 Å². The summed E-state index contributed by atoms with van der Waals surface area (Å²) in [6.45, 7) is 4.74. The van der Waals surface area contributed by atoms with Crippen molar-refractivity contribution in [1.29, 1.82) is 0 Å². The molecule has 0 aliphatic heterocycles. The van der Waals surface area contributed by atoms with E-state index in [4.69, 9.17) is 23.2 Å². The van der Waals surface area contributed by atoms with E-state index in [9.17, 15) is 0 Å². The molecule has 0 saturated heterocycles. The second-order valence-electron chi connectivity index (χ2n) is 4.22. The molecule has 0 amide bonds. The molecule has 0 aliphatic carbocycles. The molecule has 0 fully saturated rings. The van der Waals surface area contributed by atoms with E-state index in [1.54, 1.807) is 6.07 Å². The second-order valence-corrected chi connectivity index (χ2v) is 5.89. The normalized spacial score (nSPS) is 10.4. The lowest BCUT2D eigenvalue weighted by Crippen LogP contribution is -2.03. The number of pyridine rings is 1. The summed E-state index contributed by atoms with van der Waals surface area (Å²) in [6, 6.07) is 7.60. The van der Waals surface area contributed by atoms with Crippen molar-refractivity contribution in [2.75, 3.05) is 17.2 Å². The lowest BCUT2D eigenvalue weighted by molar-refractivity contribution is 1.16. The molecule has 0 saturated carbocycles. The molecule has 0 spiro atoms. The second kappa shape index (κ2) is 6.66. The zero-order chi connectivity index (χ0) is 14.7. The quantitative estimate of drug-likeness (QED) is 0.727. The van der Waals surface area contributed by atoms with Crippen LogP contribution in [0.1, 0.15) is 12.5 Å². The van der Waals surface area contributed by atoms with Crippen LogP contribution in [0.4, 0.5) is 17.3 Å². The molecule has 0 unspecified atom stereocenters. The molecule has 2 rings (SSSR count). The van der Waals surface area contributed by atoms with E-state index in [-0.39, 0.29) is 0 Å². The maximum absolute atomic E-state index is 6.19. The molecular weight excluding hydrogens is 361 g/mol. The number of rotatable bonds is 4. The van der Waals surface area contributed by atoms with Gasteiger partial charge in [0.2, 0.25) is 0 Å². The van der Waals surface area contributed by atoms with Crippen molar-refractivity contribution in [1.82, 2.24) is 4.98 Å². The molecule has 1 heterocycles. The zero-order valence-electron chi connectivity index (χ0n) is 11.1. The Morgan fingerprint density at radius 3 is 2.60 bits per heavy atom. The fourth-order valence-electron chi connectivity index (χ4n) is 1.72. The summed E-state index contributed by atoms with van der Waals surface area (Å²) in [4.78, 5) is 4.43. The van der Waals surface area contributed by atoms with Gasteiger partial charge in [-0.3, -0.25) is 0 Å². The molecule has 0 aliphatic rings. The summed E-state index contributed by atoms with van der Waals surface area (Å²) in [7, 11) is 0. The number of anilines is 3. The third kappa shape index (κ3) is 3.37. The summed E-state index contributed by atoms with van der Waals surface area (Å²) in [5.41, 5.74) is 2.03. The summed E-state index contributed by atoms with van der Waals surface area (Å²) < 4.78 is 1.03. The van der Waals surface area contributed by atoms with E-state index in [0.29, 0.717) is 21.7 Å². The van der Waals surface area contributed by atoms with Gasteiger partial charge >= 0.3 is 0 Å². The summed E-state index contributed by atoms with van der Waals surface area (Å²) >= 11 is 15.8. The minimum atomic E-state index is 0.482. The highest BCUT2D eigenvalue weighted by Crippen LogP contribution is 2.33. The topological polar surface area (TPSA) is 37.0 Å². The van der Waals surface area contributed by atoms with E-state index in [2.05, 4.69) is 31.5 Å². The fraction of sp³-hybridized carbons (Fsp3) is 0.214. The third-order valence-electron chi connectivity index (χ3n) is 2.79. The molecule has 3 nitrogen and oxygen atoms in total. The number of halogens is 3. The Bertz CT molecular complexity index is 632. The van der Waals surface area contributed by atoms with Crippen LogP contribution in [0.5, 0.6) is 0 Å². The van der Waals surface area contributed by atoms with Gasteiger partial charge in [-0.15, -0.1) is 0 Å². The third-order valence-corrected chi connectivity index (χ3v) is 4.23. The van der Waals surface area contributed by atoms with Gasteiger partial charge in [0.05, 0.1) is 10.0 Å². The first kappa shape index (κ1) is 15.4. The highest BCUT2D eigenvalue weighted by Gasteiger charge is 2.10. The number of hydrogen-bond donors (Lipinski definition) is 2. The minimum Gasteiger partial charge on any atom is -0.369 e. The van der Waals surface area contributed by atoms with Crippen LogP contribution in [-0.4, -0.2) is 11.5 Å². The highest BCUT2D eigenvalue weighted by molar-refractivity contribution is 9.10. The van der Waals surface area contributed by atoms with E-state index < -0.39 is 0 Å². The van der Waals surface area contributed by atoms with Crippen molar-refractivity contribution < 1.29 is 0 Å². The van der Waals surface area contributed by atoms with Crippen LogP contribution in [0.25, 0.3) is 0 Å². The average molecular weight is 375 g/mol. The Labute approximate surface area is 136 Å². The summed E-state index contributed by atoms with van der Waals surface area (Å²) in [5, 5.41) is 7.33. The van der Waals surface area contributed by atoms with Gasteiger partial charge in [0.1, 0.15) is 5.82 Å². The van der Waals surface area contributed by atoms with Gasteiger partial charge in [0.15, 0.2) is 5.82 Å². The molecule has 0 radical (unpaired) electrons. The Kier molecular flexibility index (Phi) is 5.13. The predicted molar refractivity (Wildman–Crippen MR) is 90.6 cm³/mol. The lowest BCUT2D eigenvalue weighted by Gasteiger charge is -2.13. The van der Waals surface area contributed by atoms with Gasteiger partial charge in [-0.05, 0) is 37.6 Å². The smallest absolute Gasteiger partial charge is 0.151 e. The van der Waals surface area contributed by atoms with Crippen LogP contribution in [0, 0.1) is 6.92 Å². The standard InChI is InChI=1S/C14H14BrCl2N3/c1-3-18-13-10(16)7-11(17)14(20-13)19-12-6-4-5-9(15)8(12)2/h4-7H,3H2,1-2H3,(H2,18,19,20). The van der Waals surface area contributed by atoms with Crippen LogP contribution in [0.3, 0.4) is 0 Å². The van der Waals surface area contributed by atoms with Crippen molar-refractivity contribution in [3.63, 3.8) is 0 Å². The summed E-state index contributed by atoms with van der Waals surface area (Å²) in [5.74, 6) is 1.20. The zero-order valence-corrected chi connectivity index (χ0v) is 14.2. The number of benzene rings is 1. The van der Waals surface area contributed by atoms with Crippen LogP contribution >= 0.6 is 39.1 Å². The van der Waals surface area contributed by atoms with Crippen LogP contribution in [0.15, 0.2) is 28.7 Å². The number of aromatic nitrogens is 1. The van der Waals surface area contributed by atoms with Gasteiger partial charge in [-0.25, -0.2) is 4.98 Å². The van der Waals surface area contributed by atoms with Crippen molar-refractivity contribution in [3.05, 3.63) is 44.3 Å². The largest absolute Gasteiger partial charge is 0.369 e. The Balaban J connectivity index is 2.38. The molecule has 0 atom stereocenters. The van der Waals surface area contributed by atoms with Gasteiger partial charge in [-0.2, -0.15) is 0 Å². The summed E-state index contributed by atoms with van der Waals surface area (Å²) in [6.07, 6.45) is 0. The maximum Gasteiger partial charge on any atom is 0.151 e. The van der Waals surface area contributed by atoms with Crippen molar-refractivity contribution in [3.8, 4) is 0 Å². The molecule has 20 heavy (non-hydrogen) atoms. The Morgan fingerprint density at radius 2 is 1.90 bits per heavy atom. The van der Waals surface area contributed by atoms with Crippen molar-refractivity contribution >= 4 is 56.5 Å². The first-order valence-electron chi connectivity index (χ1n) is 6.15. The van der Waals surface area contributed by atoms with E-state index in [1.165, 1.54) is 0 Å². The van der Waals surface area contributed by atoms with E-state index >= 15 is 0 Å². The lowest BCUT2D eigenvalue weighted by atomic mass is 10.2. The van der Waals surface area contributed by atoms with Crippen LogP contribution in [0.2, 0.25) is 10.0 Å². The van der Waals surface area contributed by atoms with Crippen LogP contribution < -0.4 is 10.6 Å². The minimum absolute atomic E-state index is 0.482. The molecule has 2 N–H and O–H groups in total. The molecule has 106 valence electrons. The Morgan fingerprint density at radius 1 is 1.20 bits per heavy atom. The van der Waals surface area contributed by atoms with Crippen LogP contribution in [-0.2, 0) is 0 Å². The monoisotopic (exact) mass is 373 g/mol. The van der Waals surface area contributed by atoms with Gasteiger partial charge < -0.3 is 10.6 Å². The fourth-order valence-corrected chi connectivity index (χ4v) is 2.55. The number of nitrogens with zero attached hydrogens (tertiary/aromatic N) is 1. The number of hydrogen-bond acceptors (Lipinski definition) is 3. The van der Waals surface area contributed by atoms with Gasteiger partial charge in [-0.1, -0.05) is 45.2 Å². The maximum atomic E-state index is 6.19. The van der Waals surface area contributed by atoms with E-state index in [1.807, 2.05) is 32.0 Å². The van der Waals surface area contributed by atoms with Gasteiger partial charge in [0, 0.05) is 16.7 Å².